The first-order valence-corrected chi connectivity index (χ1v) is 13.4. The van der Waals surface area contributed by atoms with Crippen LogP contribution in [-0.4, -0.2) is 62.7 Å². The molecule has 2 heterocycles. The van der Waals surface area contributed by atoms with Gasteiger partial charge in [-0.1, -0.05) is 25.3 Å². The molecule has 1 unspecified atom stereocenters. The van der Waals surface area contributed by atoms with E-state index in [4.69, 9.17) is 16.2 Å². The van der Waals surface area contributed by atoms with Crippen LogP contribution >= 0.6 is 0 Å². The summed E-state index contributed by atoms with van der Waals surface area (Å²) in [6, 6.07) is 6.77. The number of hydrogen-bond acceptors (Lipinski definition) is 10. The van der Waals surface area contributed by atoms with Gasteiger partial charge in [-0.05, 0) is 25.0 Å². The molecule has 3 rings (SSSR count). The third-order valence-electron chi connectivity index (χ3n) is 6.39. The molecule has 15 nitrogen and oxygen atoms in total. The van der Waals surface area contributed by atoms with E-state index in [-0.39, 0.29) is 29.5 Å². The van der Waals surface area contributed by atoms with E-state index in [1.807, 2.05) is 0 Å². The van der Waals surface area contributed by atoms with Crippen molar-refractivity contribution in [3.63, 3.8) is 0 Å². The van der Waals surface area contributed by atoms with Gasteiger partial charge in [0, 0.05) is 38.9 Å². The number of methoxy groups -OCH3 is 1. The summed E-state index contributed by atoms with van der Waals surface area (Å²) in [6.45, 7) is 0. The first-order valence-electron chi connectivity index (χ1n) is 13.4. The quantitative estimate of drug-likeness (QED) is 0.154. The second kappa shape index (κ2) is 15.1. The fourth-order valence-corrected chi connectivity index (χ4v) is 4.28. The normalized spacial score (nSPS) is 11.4. The number of benzene rings is 1. The Hall–Kier alpha value is -5.08. The Labute approximate surface area is 242 Å². The van der Waals surface area contributed by atoms with Crippen LogP contribution in [0.15, 0.2) is 30.6 Å². The third-order valence-corrected chi connectivity index (χ3v) is 6.39. The molecule has 0 fully saturated rings. The maximum absolute atomic E-state index is 12.8. The number of amides is 4. The summed E-state index contributed by atoms with van der Waals surface area (Å²) in [6.07, 6.45) is 5.07. The highest BCUT2D eigenvalue weighted by Crippen LogP contribution is 2.37. The van der Waals surface area contributed by atoms with Crippen LogP contribution in [0.3, 0.4) is 0 Å². The first kappa shape index (κ1) is 31.4. The number of nitrogens with zero attached hydrogens (tertiary/aromatic N) is 5. The number of ether oxygens (including phenoxy) is 1. The molecule has 0 aliphatic rings. The van der Waals surface area contributed by atoms with Crippen molar-refractivity contribution in [2.75, 3.05) is 24.8 Å². The van der Waals surface area contributed by atoms with Crippen molar-refractivity contribution in [2.45, 2.75) is 44.9 Å². The maximum Gasteiger partial charge on any atom is 0.273 e. The van der Waals surface area contributed by atoms with E-state index in [1.54, 1.807) is 36.3 Å². The van der Waals surface area contributed by atoms with Crippen LogP contribution in [0, 0.1) is 5.92 Å². The third kappa shape index (κ3) is 8.71. The zero-order valence-electron chi connectivity index (χ0n) is 23.8. The number of aryl methyl sites for hydroxylation is 1. The highest BCUT2D eigenvalue weighted by atomic mass is 16.5. The van der Waals surface area contributed by atoms with Gasteiger partial charge in [0.1, 0.15) is 6.33 Å². The number of unbranched alkanes of at least 4 members (excludes halogenated alkanes) is 3. The molecule has 3 aromatic rings. The van der Waals surface area contributed by atoms with Crippen LogP contribution in [0.5, 0.6) is 5.75 Å². The minimum Gasteiger partial charge on any atom is -0.494 e. The van der Waals surface area contributed by atoms with Gasteiger partial charge < -0.3 is 32.2 Å². The number of nitrogens with two attached hydrogens (primary N) is 2. The van der Waals surface area contributed by atoms with Crippen molar-refractivity contribution in [1.82, 2.24) is 30.3 Å². The first-order chi connectivity index (χ1) is 20.1. The molecule has 0 saturated carbocycles. The molecule has 0 radical (unpaired) electrons. The maximum atomic E-state index is 12.8. The van der Waals surface area contributed by atoms with E-state index in [0.29, 0.717) is 48.5 Å². The number of aromatic nitrogens is 5. The Morgan fingerprint density at radius 3 is 2.45 bits per heavy atom. The van der Waals surface area contributed by atoms with E-state index in [2.05, 4.69) is 36.2 Å². The molecular weight excluding hydrogens is 544 g/mol. The fraction of sp³-hybridized carbons (Fsp3) is 0.407. The smallest absolute Gasteiger partial charge is 0.273 e. The Bertz CT molecular complexity index is 1420. The molecule has 0 aliphatic carbocycles. The standard InChI is InChI=1S/C27H36N10O5/c1-30-27(41)23-19(32-18-11-8-10-17(24(18)42-3)26-31-15-37(2)36-26)14-21(34-35-23)33-22(39)13-16(25(29)40)9-6-4-5-7-12-20(28)38/h8,10-11,14-16H,4-7,9,12-13H2,1-3H3,(H2,28,38)(H2,29,40)(H,30,41)(H2,32,33,34,39). The number of carbonyl (C=O) groups excluding carboxylic acids is 4. The molecule has 0 spiro atoms. The van der Waals surface area contributed by atoms with Gasteiger partial charge in [0.25, 0.3) is 5.91 Å². The number of rotatable bonds is 16. The van der Waals surface area contributed by atoms with Gasteiger partial charge in [0.05, 0.1) is 24.0 Å². The van der Waals surface area contributed by atoms with E-state index in [9.17, 15) is 19.2 Å². The molecule has 2 aromatic heterocycles. The number of anilines is 3. The number of carbonyl (C=O) groups is 4. The van der Waals surface area contributed by atoms with Crippen LogP contribution in [0.25, 0.3) is 11.4 Å². The highest BCUT2D eigenvalue weighted by Gasteiger charge is 2.22. The average molecular weight is 581 g/mol. The van der Waals surface area contributed by atoms with Crippen LogP contribution in [0.2, 0.25) is 0 Å². The van der Waals surface area contributed by atoms with Gasteiger partial charge in [-0.3, -0.25) is 23.9 Å². The van der Waals surface area contributed by atoms with Gasteiger partial charge in [0.15, 0.2) is 23.1 Å². The lowest BCUT2D eigenvalue weighted by molar-refractivity contribution is -0.126. The van der Waals surface area contributed by atoms with Crippen molar-refractivity contribution in [2.24, 2.45) is 24.4 Å². The predicted octanol–water partition coefficient (Wildman–Crippen LogP) is 1.64. The number of nitrogens with one attached hydrogen (secondary N) is 3. The molecule has 15 heteroatoms. The Balaban J connectivity index is 1.76. The molecule has 0 bridgehead atoms. The summed E-state index contributed by atoms with van der Waals surface area (Å²) in [5.41, 5.74) is 12.0. The second-order valence-corrected chi connectivity index (χ2v) is 9.60. The molecule has 0 aliphatic heterocycles. The van der Waals surface area contributed by atoms with Gasteiger partial charge in [-0.2, -0.15) is 5.10 Å². The molecule has 224 valence electrons. The van der Waals surface area contributed by atoms with Crippen LogP contribution in [0.1, 0.15) is 55.4 Å². The van der Waals surface area contributed by atoms with Crippen LogP contribution in [-0.2, 0) is 21.4 Å². The van der Waals surface area contributed by atoms with Gasteiger partial charge in [-0.25, -0.2) is 4.98 Å². The number of primary amides is 2. The number of para-hydroxylation sites is 1. The lowest BCUT2D eigenvalue weighted by Crippen LogP contribution is -2.28. The molecule has 4 amide bonds. The zero-order chi connectivity index (χ0) is 30.6. The van der Waals surface area contributed by atoms with Crippen molar-refractivity contribution in [3.05, 3.63) is 36.3 Å². The fourth-order valence-electron chi connectivity index (χ4n) is 4.28. The van der Waals surface area contributed by atoms with Crippen molar-refractivity contribution >= 4 is 40.8 Å². The van der Waals surface area contributed by atoms with Crippen LogP contribution in [0.4, 0.5) is 17.2 Å². The summed E-state index contributed by atoms with van der Waals surface area (Å²) >= 11 is 0. The van der Waals surface area contributed by atoms with Crippen LogP contribution < -0.4 is 32.2 Å². The summed E-state index contributed by atoms with van der Waals surface area (Å²) in [5.74, 6) is -1.67. The van der Waals surface area contributed by atoms with Gasteiger partial charge >= 0.3 is 0 Å². The van der Waals surface area contributed by atoms with Crippen molar-refractivity contribution in [3.8, 4) is 17.1 Å². The molecule has 42 heavy (non-hydrogen) atoms. The van der Waals surface area contributed by atoms with Gasteiger partial charge in [-0.15, -0.1) is 10.2 Å². The van der Waals surface area contributed by atoms with E-state index in [1.165, 1.54) is 20.2 Å². The highest BCUT2D eigenvalue weighted by molar-refractivity contribution is 6.00. The minimum atomic E-state index is -0.677. The van der Waals surface area contributed by atoms with Crippen molar-refractivity contribution < 1.29 is 23.9 Å². The van der Waals surface area contributed by atoms with Gasteiger partial charge in [0.2, 0.25) is 17.7 Å². The molecular formula is C27H36N10O5. The lowest BCUT2D eigenvalue weighted by Gasteiger charge is -2.16. The van der Waals surface area contributed by atoms with E-state index >= 15 is 0 Å². The number of hydrogen-bond donors (Lipinski definition) is 5. The topological polar surface area (TPSA) is 222 Å². The summed E-state index contributed by atoms with van der Waals surface area (Å²) in [7, 11) is 4.71. The Kier molecular flexibility index (Phi) is 11.3. The largest absolute Gasteiger partial charge is 0.494 e. The average Bonchev–Trinajstić information content (AvgIpc) is 3.39. The van der Waals surface area contributed by atoms with E-state index in [0.717, 1.165) is 12.8 Å². The molecule has 0 saturated heterocycles. The van der Waals surface area contributed by atoms with E-state index < -0.39 is 23.6 Å². The van der Waals surface area contributed by atoms with Crippen molar-refractivity contribution in [1.29, 1.82) is 0 Å². The Morgan fingerprint density at radius 2 is 1.81 bits per heavy atom. The SMILES string of the molecule is CNC(=O)c1nnc(NC(=O)CC(CCCCCCC(N)=O)C(N)=O)cc1Nc1cccc(-c2ncn(C)n2)c1OC. The lowest BCUT2D eigenvalue weighted by atomic mass is 9.96. The molecule has 7 N–H and O–H groups in total. The molecule has 1 aromatic carbocycles. The monoisotopic (exact) mass is 580 g/mol. The predicted molar refractivity (Wildman–Crippen MR) is 155 cm³/mol. The second-order valence-electron chi connectivity index (χ2n) is 9.60. The summed E-state index contributed by atoms with van der Waals surface area (Å²) in [5, 5.41) is 20.6. The molecule has 1 atom stereocenters. The zero-order valence-corrected chi connectivity index (χ0v) is 23.8. The Morgan fingerprint density at radius 1 is 1.05 bits per heavy atom. The minimum absolute atomic E-state index is 0.0229. The summed E-state index contributed by atoms with van der Waals surface area (Å²) < 4.78 is 7.21. The summed E-state index contributed by atoms with van der Waals surface area (Å²) in [4.78, 5) is 52.5.